The summed E-state index contributed by atoms with van der Waals surface area (Å²) in [5.74, 6) is -0.262. The predicted octanol–water partition coefficient (Wildman–Crippen LogP) is 2.04. The normalized spacial score (nSPS) is 11.3. The number of nitrogens with one attached hydrogen (secondary N) is 1. The van der Waals surface area contributed by atoms with Gasteiger partial charge in [0.15, 0.2) is 5.65 Å². The van der Waals surface area contributed by atoms with Crippen LogP contribution in [-0.2, 0) is 17.9 Å². The molecule has 0 saturated heterocycles. The molecule has 0 fully saturated rings. The van der Waals surface area contributed by atoms with Crippen LogP contribution in [0.4, 0.5) is 0 Å². The third-order valence-electron chi connectivity index (χ3n) is 4.38. The quantitative estimate of drug-likeness (QED) is 0.598. The largest absolute Gasteiger partial charge is 0.352 e. The third kappa shape index (κ3) is 2.78. The first kappa shape index (κ1) is 16.5. The number of nitrogens with zero attached hydrogens (tertiary/aromatic N) is 4. The summed E-state index contributed by atoms with van der Waals surface area (Å²) < 4.78 is 2.58. The molecule has 1 aromatic carbocycles. The van der Waals surface area contributed by atoms with Gasteiger partial charge in [-0.15, -0.1) is 16.4 Å². The summed E-state index contributed by atoms with van der Waals surface area (Å²) >= 11 is 1.57. The summed E-state index contributed by atoms with van der Waals surface area (Å²) in [7, 11) is 0. The molecule has 0 radical (unpaired) electrons. The monoisotopic (exact) mass is 367 g/mol. The summed E-state index contributed by atoms with van der Waals surface area (Å²) in [4.78, 5) is 31.1. The van der Waals surface area contributed by atoms with Gasteiger partial charge in [-0.3, -0.25) is 4.79 Å². The standard InChI is InChI=1S/C18H17N5O2S/c1-11-12(2)26-17-15(11)16-21-23(18(25)22(16)10-20-17)9-14(24)19-8-13-6-4-3-5-7-13/h3-7,10H,8-9H2,1-2H3,(H,19,24). The van der Waals surface area contributed by atoms with E-state index >= 15 is 0 Å². The summed E-state index contributed by atoms with van der Waals surface area (Å²) in [6, 6.07) is 9.61. The maximum Gasteiger partial charge on any atom is 0.352 e. The molecule has 0 unspecified atom stereocenters. The van der Waals surface area contributed by atoms with Crippen LogP contribution in [0.1, 0.15) is 16.0 Å². The maximum absolute atomic E-state index is 12.5. The van der Waals surface area contributed by atoms with E-state index in [0.717, 1.165) is 26.2 Å². The number of thiophene rings is 1. The fourth-order valence-corrected chi connectivity index (χ4v) is 3.85. The predicted molar refractivity (Wildman–Crippen MR) is 100 cm³/mol. The van der Waals surface area contributed by atoms with Crippen molar-refractivity contribution >= 4 is 33.1 Å². The number of carbonyl (C=O) groups excluding carboxylic acids is 1. The molecule has 4 aromatic rings. The second-order valence-electron chi connectivity index (χ2n) is 6.10. The van der Waals surface area contributed by atoms with Crippen LogP contribution in [0.3, 0.4) is 0 Å². The van der Waals surface area contributed by atoms with E-state index in [0.29, 0.717) is 12.2 Å². The average Bonchev–Trinajstić information content (AvgIpc) is 3.11. The molecule has 0 aliphatic heterocycles. The van der Waals surface area contributed by atoms with Crippen LogP contribution >= 0.6 is 11.3 Å². The van der Waals surface area contributed by atoms with E-state index in [1.807, 2.05) is 44.2 Å². The van der Waals surface area contributed by atoms with Crippen molar-refractivity contribution in [2.24, 2.45) is 0 Å². The van der Waals surface area contributed by atoms with Crippen molar-refractivity contribution in [3.63, 3.8) is 0 Å². The first-order chi connectivity index (χ1) is 12.5. The van der Waals surface area contributed by atoms with Gasteiger partial charge in [-0.25, -0.2) is 18.9 Å². The van der Waals surface area contributed by atoms with E-state index < -0.39 is 0 Å². The Morgan fingerprint density at radius 1 is 1.23 bits per heavy atom. The Bertz CT molecular complexity index is 1170. The molecule has 4 rings (SSSR count). The Morgan fingerprint density at radius 2 is 2.00 bits per heavy atom. The van der Waals surface area contributed by atoms with Crippen molar-refractivity contribution in [1.82, 2.24) is 24.5 Å². The van der Waals surface area contributed by atoms with Crippen molar-refractivity contribution in [2.75, 3.05) is 0 Å². The first-order valence-electron chi connectivity index (χ1n) is 8.19. The maximum atomic E-state index is 12.5. The van der Waals surface area contributed by atoms with Crippen molar-refractivity contribution in [1.29, 1.82) is 0 Å². The smallest absolute Gasteiger partial charge is 0.350 e. The van der Waals surface area contributed by atoms with Gasteiger partial charge < -0.3 is 5.32 Å². The lowest BCUT2D eigenvalue weighted by Gasteiger charge is -2.04. The van der Waals surface area contributed by atoms with Crippen LogP contribution in [0.5, 0.6) is 0 Å². The van der Waals surface area contributed by atoms with Crippen LogP contribution in [0, 0.1) is 13.8 Å². The molecule has 26 heavy (non-hydrogen) atoms. The zero-order valence-corrected chi connectivity index (χ0v) is 15.2. The number of aromatic nitrogens is 4. The summed E-state index contributed by atoms with van der Waals surface area (Å²) in [6.07, 6.45) is 1.47. The highest BCUT2D eigenvalue weighted by Gasteiger charge is 2.17. The van der Waals surface area contributed by atoms with Crippen LogP contribution in [0.15, 0.2) is 41.5 Å². The van der Waals surface area contributed by atoms with Crippen LogP contribution < -0.4 is 11.0 Å². The molecule has 8 heteroatoms. The highest BCUT2D eigenvalue weighted by molar-refractivity contribution is 7.18. The molecule has 0 bridgehead atoms. The van der Waals surface area contributed by atoms with Gasteiger partial charge in [-0.1, -0.05) is 30.3 Å². The fraction of sp³-hybridized carbons (Fsp3) is 0.222. The number of aryl methyl sites for hydroxylation is 2. The molecule has 1 N–H and O–H groups in total. The summed E-state index contributed by atoms with van der Waals surface area (Å²) in [6.45, 7) is 4.30. The molecule has 3 aromatic heterocycles. The molecule has 0 aliphatic rings. The second-order valence-corrected chi connectivity index (χ2v) is 7.31. The molecule has 7 nitrogen and oxygen atoms in total. The van der Waals surface area contributed by atoms with Gasteiger partial charge in [0.05, 0.1) is 5.39 Å². The van der Waals surface area contributed by atoms with Gasteiger partial charge in [0.25, 0.3) is 0 Å². The minimum atomic E-state index is -0.368. The Balaban J connectivity index is 1.62. The van der Waals surface area contributed by atoms with E-state index in [4.69, 9.17) is 0 Å². The number of amides is 1. The third-order valence-corrected chi connectivity index (χ3v) is 5.49. The van der Waals surface area contributed by atoms with Gasteiger partial charge >= 0.3 is 5.69 Å². The molecule has 0 saturated carbocycles. The molecule has 0 aliphatic carbocycles. The zero-order valence-electron chi connectivity index (χ0n) is 14.4. The molecule has 3 heterocycles. The highest BCUT2D eigenvalue weighted by Crippen LogP contribution is 2.30. The lowest BCUT2D eigenvalue weighted by molar-refractivity contribution is -0.122. The second kappa shape index (κ2) is 6.38. The van der Waals surface area contributed by atoms with Crippen LogP contribution in [-0.4, -0.2) is 25.1 Å². The van der Waals surface area contributed by atoms with E-state index in [1.165, 1.54) is 15.4 Å². The number of benzene rings is 1. The summed E-state index contributed by atoms with van der Waals surface area (Å²) in [5, 5.41) is 8.06. The lowest BCUT2D eigenvalue weighted by atomic mass is 10.2. The van der Waals surface area contributed by atoms with Crippen LogP contribution in [0.2, 0.25) is 0 Å². The first-order valence-corrected chi connectivity index (χ1v) is 9.00. The highest BCUT2D eigenvalue weighted by atomic mass is 32.1. The van der Waals surface area contributed by atoms with E-state index in [-0.39, 0.29) is 18.1 Å². The van der Waals surface area contributed by atoms with Crippen LogP contribution in [0.25, 0.3) is 15.9 Å². The van der Waals surface area contributed by atoms with Gasteiger partial charge in [0, 0.05) is 11.4 Å². The number of fused-ring (bicyclic) bond motifs is 3. The van der Waals surface area contributed by atoms with E-state index in [1.54, 1.807) is 11.3 Å². The van der Waals surface area contributed by atoms with Crippen molar-refractivity contribution in [3.05, 3.63) is 63.1 Å². The number of hydrogen-bond acceptors (Lipinski definition) is 5. The van der Waals surface area contributed by atoms with Crippen molar-refractivity contribution < 1.29 is 4.79 Å². The molecular formula is C18H17N5O2S. The molecule has 132 valence electrons. The Labute approximate surface area is 152 Å². The Kier molecular flexibility index (Phi) is 4.04. The SMILES string of the molecule is Cc1sc2ncn3c(=O)n(CC(=O)NCc4ccccc4)nc3c2c1C. The number of hydrogen-bond donors (Lipinski definition) is 1. The lowest BCUT2D eigenvalue weighted by Crippen LogP contribution is -2.32. The number of carbonyl (C=O) groups is 1. The van der Waals surface area contributed by atoms with Gasteiger partial charge in [-0.2, -0.15) is 0 Å². The fourth-order valence-electron chi connectivity index (χ4n) is 2.86. The Morgan fingerprint density at radius 3 is 2.77 bits per heavy atom. The van der Waals surface area contributed by atoms with E-state index in [2.05, 4.69) is 15.4 Å². The molecule has 0 atom stereocenters. The van der Waals surface area contributed by atoms with Gasteiger partial charge in [0.2, 0.25) is 5.91 Å². The minimum absolute atomic E-state index is 0.128. The topological polar surface area (TPSA) is 81.3 Å². The van der Waals surface area contributed by atoms with Gasteiger partial charge in [-0.05, 0) is 25.0 Å². The number of rotatable bonds is 4. The molecule has 1 amide bonds. The summed E-state index contributed by atoms with van der Waals surface area (Å²) in [5.41, 5.74) is 2.23. The minimum Gasteiger partial charge on any atom is -0.350 e. The zero-order chi connectivity index (χ0) is 18.3. The van der Waals surface area contributed by atoms with E-state index in [9.17, 15) is 9.59 Å². The molecular weight excluding hydrogens is 350 g/mol. The van der Waals surface area contributed by atoms with Crippen molar-refractivity contribution in [2.45, 2.75) is 26.9 Å². The average molecular weight is 367 g/mol. The van der Waals surface area contributed by atoms with Crippen molar-refractivity contribution in [3.8, 4) is 0 Å². The van der Waals surface area contributed by atoms with Gasteiger partial charge in [0.1, 0.15) is 17.7 Å². The molecule has 0 spiro atoms. The Hall–Kier alpha value is -3.00.